The van der Waals surface area contributed by atoms with E-state index in [1.165, 1.54) is 9.75 Å². The van der Waals surface area contributed by atoms with Crippen LogP contribution in [0.25, 0.3) is 10.7 Å². The number of carboxylic acid groups (broad SMARTS) is 1. The molecule has 0 unspecified atom stereocenters. The predicted molar refractivity (Wildman–Crippen MR) is 81.3 cm³/mol. The highest BCUT2D eigenvalue weighted by molar-refractivity contribution is 7.15. The summed E-state index contributed by atoms with van der Waals surface area (Å²) >= 11 is 1.78. The Morgan fingerprint density at radius 1 is 1.48 bits per heavy atom. The molecule has 21 heavy (non-hydrogen) atoms. The van der Waals surface area contributed by atoms with Crippen LogP contribution in [0.1, 0.15) is 10.6 Å². The second-order valence-corrected chi connectivity index (χ2v) is 5.57. The second-order valence-electron chi connectivity index (χ2n) is 4.29. The molecule has 0 spiro atoms. The maximum atomic E-state index is 8.36. The number of aromatic amines is 1. The zero-order valence-electron chi connectivity index (χ0n) is 11.6. The average Bonchev–Trinajstić information content (AvgIpc) is 3.18. The van der Waals surface area contributed by atoms with E-state index in [9.17, 15) is 0 Å². The highest BCUT2D eigenvalue weighted by atomic mass is 32.1. The van der Waals surface area contributed by atoms with Crippen molar-refractivity contribution < 1.29 is 9.90 Å². The van der Waals surface area contributed by atoms with E-state index < -0.39 is 0 Å². The monoisotopic (exact) mass is 304 g/mol. The van der Waals surface area contributed by atoms with Crippen LogP contribution in [-0.2, 0) is 17.8 Å². The number of hydrogen-bond acceptors (Lipinski definition) is 4. The molecule has 0 saturated carbocycles. The lowest BCUT2D eigenvalue weighted by Gasteiger charge is -2.05. The first-order valence-corrected chi connectivity index (χ1v) is 7.19. The molecule has 6 nitrogen and oxygen atoms in total. The van der Waals surface area contributed by atoms with Crippen molar-refractivity contribution in [3.05, 3.63) is 47.6 Å². The van der Waals surface area contributed by atoms with Crippen molar-refractivity contribution in [2.75, 3.05) is 0 Å². The number of hydrogen-bond donors (Lipinski definition) is 2. The van der Waals surface area contributed by atoms with Gasteiger partial charge in [0.15, 0.2) is 0 Å². The Bertz CT molecular complexity index is 673. The van der Waals surface area contributed by atoms with E-state index in [1.807, 2.05) is 18.6 Å². The van der Waals surface area contributed by atoms with Gasteiger partial charge in [-0.25, -0.2) is 9.97 Å². The van der Waals surface area contributed by atoms with Crippen LogP contribution in [0.3, 0.4) is 0 Å². The van der Waals surface area contributed by atoms with Gasteiger partial charge in [0.05, 0.1) is 11.2 Å². The summed E-state index contributed by atoms with van der Waals surface area (Å²) in [6.07, 6.45) is 8.41. The summed E-state index contributed by atoms with van der Waals surface area (Å²) in [5, 5.41) is 6.89. The molecule has 110 valence electrons. The molecular formula is C14H16N4O2S. The minimum Gasteiger partial charge on any atom is -0.483 e. The van der Waals surface area contributed by atoms with Gasteiger partial charge in [0, 0.05) is 42.1 Å². The molecule has 0 fully saturated rings. The van der Waals surface area contributed by atoms with Gasteiger partial charge in [0.25, 0.3) is 6.47 Å². The maximum absolute atomic E-state index is 8.36. The molecule has 3 aromatic rings. The number of rotatable bonds is 4. The molecule has 0 amide bonds. The topological polar surface area (TPSA) is 83.8 Å². The number of H-pyrrole nitrogens is 1. The smallest absolute Gasteiger partial charge is 0.290 e. The number of nitrogens with one attached hydrogen (secondary N) is 1. The van der Waals surface area contributed by atoms with E-state index >= 15 is 0 Å². The Balaban J connectivity index is 0.000000497. The molecule has 0 aliphatic carbocycles. The summed E-state index contributed by atoms with van der Waals surface area (Å²) in [7, 11) is 0. The molecule has 0 aromatic carbocycles. The van der Waals surface area contributed by atoms with Gasteiger partial charge in [0.2, 0.25) is 0 Å². The van der Waals surface area contributed by atoms with E-state index in [4.69, 9.17) is 9.90 Å². The highest BCUT2D eigenvalue weighted by Gasteiger charge is 2.08. The first-order chi connectivity index (χ1) is 10.2. The third kappa shape index (κ3) is 4.03. The van der Waals surface area contributed by atoms with Crippen LogP contribution in [0, 0.1) is 6.92 Å². The molecule has 3 heterocycles. The van der Waals surface area contributed by atoms with E-state index in [0.717, 1.165) is 24.5 Å². The molecule has 0 bridgehead atoms. The number of nitrogens with zero attached hydrogens (tertiary/aromatic N) is 3. The quantitative estimate of drug-likeness (QED) is 0.726. The summed E-state index contributed by atoms with van der Waals surface area (Å²) in [6.45, 7) is 2.78. The standard InChI is InChI=1S/C13H14N4S.CH2O2/c1-10-2-3-12(18-10)13-15-5-7-17(13)6-4-11-8-14-9-16-11;2-1-3/h2-3,5,7-9H,4,6H2,1H3,(H,14,16);1H,(H,2,3). The molecule has 7 heteroatoms. The van der Waals surface area contributed by atoms with Crippen molar-refractivity contribution in [1.82, 2.24) is 19.5 Å². The molecule has 2 N–H and O–H groups in total. The maximum Gasteiger partial charge on any atom is 0.290 e. The largest absolute Gasteiger partial charge is 0.483 e. The van der Waals surface area contributed by atoms with Crippen LogP contribution >= 0.6 is 11.3 Å². The van der Waals surface area contributed by atoms with Crippen LogP contribution in [0.2, 0.25) is 0 Å². The minimum absolute atomic E-state index is 0.250. The molecule has 0 saturated heterocycles. The number of thiophene rings is 1. The molecule has 0 radical (unpaired) electrons. The molecule has 3 aromatic heterocycles. The van der Waals surface area contributed by atoms with Crippen molar-refractivity contribution in [2.45, 2.75) is 19.9 Å². The van der Waals surface area contributed by atoms with E-state index in [-0.39, 0.29) is 6.47 Å². The van der Waals surface area contributed by atoms with Crippen molar-refractivity contribution in [1.29, 1.82) is 0 Å². The van der Waals surface area contributed by atoms with Gasteiger partial charge in [-0.15, -0.1) is 11.3 Å². The fourth-order valence-corrected chi connectivity index (χ4v) is 2.81. The van der Waals surface area contributed by atoms with E-state index in [1.54, 1.807) is 17.7 Å². The zero-order chi connectivity index (χ0) is 15.1. The predicted octanol–water partition coefficient (Wildman–Crippen LogP) is 2.59. The van der Waals surface area contributed by atoms with Crippen molar-refractivity contribution in [3.8, 4) is 10.7 Å². The Morgan fingerprint density at radius 2 is 2.29 bits per heavy atom. The Kier molecular flexibility index (Phi) is 5.28. The first-order valence-electron chi connectivity index (χ1n) is 6.37. The van der Waals surface area contributed by atoms with Crippen molar-refractivity contribution in [3.63, 3.8) is 0 Å². The van der Waals surface area contributed by atoms with Crippen LogP contribution in [0.5, 0.6) is 0 Å². The summed E-state index contributed by atoms with van der Waals surface area (Å²) in [5.41, 5.74) is 1.15. The van der Waals surface area contributed by atoms with Crippen molar-refractivity contribution in [2.24, 2.45) is 0 Å². The summed E-state index contributed by atoms with van der Waals surface area (Å²) in [6, 6.07) is 4.27. The molecular weight excluding hydrogens is 288 g/mol. The number of aryl methyl sites for hydroxylation is 3. The lowest BCUT2D eigenvalue weighted by molar-refractivity contribution is -0.122. The number of imidazole rings is 2. The Labute approximate surface area is 126 Å². The fourth-order valence-electron chi connectivity index (χ4n) is 1.93. The molecule has 0 atom stereocenters. The lowest BCUT2D eigenvalue weighted by Crippen LogP contribution is -2.02. The van der Waals surface area contributed by atoms with Gasteiger partial charge in [-0.05, 0) is 19.1 Å². The summed E-state index contributed by atoms with van der Waals surface area (Å²) in [5.74, 6) is 1.05. The van der Waals surface area contributed by atoms with Gasteiger partial charge in [-0.1, -0.05) is 0 Å². The highest BCUT2D eigenvalue weighted by Crippen LogP contribution is 2.26. The van der Waals surface area contributed by atoms with Crippen molar-refractivity contribution >= 4 is 17.8 Å². The third-order valence-corrected chi connectivity index (χ3v) is 3.85. The summed E-state index contributed by atoms with van der Waals surface area (Å²) in [4.78, 5) is 22.5. The molecule has 0 aliphatic heterocycles. The van der Waals surface area contributed by atoms with Gasteiger partial charge in [-0.3, -0.25) is 4.79 Å². The van der Waals surface area contributed by atoms with Crippen LogP contribution < -0.4 is 0 Å². The lowest BCUT2D eigenvalue weighted by atomic mass is 10.3. The van der Waals surface area contributed by atoms with Gasteiger partial charge in [0.1, 0.15) is 5.82 Å². The molecule has 3 rings (SSSR count). The number of carbonyl (C=O) groups is 1. The normalized spacial score (nSPS) is 9.95. The third-order valence-electron chi connectivity index (χ3n) is 2.85. The van der Waals surface area contributed by atoms with E-state index in [2.05, 4.69) is 38.6 Å². The SMILES string of the molecule is Cc1ccc(-c2nccn2CCc2cnc[nH]2)s1.O=CO. The van der Waals surface area contributed by atoms with Gasteiger partial charge >= 0.3 is 0 Å². The Hall–Kier alpha value is -2.41. The van der Waals surface area contributed by atoms with Gasteiger partial charge < -0.3 is 14.7 Å². The van der Waals surface area contributed by atoms with Crippen LogP contribution in [-0.4, -0.2) is 31.1 Å². The van der Waals surface area contributed by atoms with Crippen LogP contribution in [0.4, 0.5) is 0 Å². The van der Waals surface area contributed by atoms with Crippen LogP contribution in [0.15, 0.2) is 37.1 Å². The first kappa shape index (κ1) is 15.0. The zero-order valence-corrected chi connectivity index (χ0v) is 12.4. The van der Waals surface area contributed by atoms with E-state index in [0.29, 0.717) is 0 Å². The second kappa shape index (κ2) is 7.39. The fraction of sp³-hybridized carbons (Fsp3) is 0.214. The number of aromatic nitrogens is 4. The Morgan fingerprint density at radius 3 is 2.90 bits per heavy atom. The van der Waals surface area contributed by atoms with Gasteiger partial charge in [-0.2, -0.15) is 0 Å². The average molecular weight is 304 g/mol. The molecule has 0 aliphatic rings. The summed E-state index contributed by atoms with van der Waals surface area (Å²) < 4.78 is 2.19. The minimum atomic E-state index is -0.250.